The van der Waals surface area contributed by atoms with E-state index in [1.807, 2.05) is 0 Å². The first kappa shape index (κ1) is 31.4. The van der Waals surface area contributed by atoms with Crippen LogP contribution in [0.1, 0.15) is 124 Å². The number of halogens is 3. The topological polar surface area (TPSA) is 51.6 Å². The summed E-state index contributed by atoms with van der Waals surface area (Å²) in [5.74, 6) is 0.00705. The zero-order valence-electron chi connectivity index (χ0n) is 26.1. The van der Waals surface area contributed by atoms with E-state index in [4.69, 9.17) is 14.1 Å². The van der Waals surface area contributed by atoms with Crippen molar-refractivity contribution in [3.8, 4) is 0 Å². The molecule has 0 saturated heterocycles. The van der Waals surface area contributed by atoms with Crippen LogP contribution < -0.4 is 0 Å². The van der Waals surface area contributed by atoms with Crippen molar-refractivity contribution in [1.29, 1.82) is 0 Å². The van der Waals surface area contributed by atoms with Gasteiger partial charge < -0.3 is 14.3 Å². The van der Waals surface area contributed by atoms with Crippen LogP contribution in [0, 0.1) is 5.41 Å². The molecule has 4 nitrogen and oxygen atoms in total. The molecular weight excluding hydrogens is 555 g/mol. The van der Waals surface area contributed by atoms with Crippen molar-refractivity contribution >= 4 is 13.9 Å². The molecule has 3 aliphatic rings. The lowest BCUT2D eigenvalue weighted by Crippen LogP contribution is -2.46. The van der Waals surface area contributed by atoms with Gasteiger partial charge in [0.1, 0.15) is 6.10 Å². The average Bonchev–Trinajstić information content (AvgIpc) is 2.89. The van der Waals surface area contributed by atoms with Crippen LogP contribution in [0.25, 0.3) is 5.57 Å². The van der Waals surface area contributed by atoms with Crippen molar-refractivity contribution in [3.05, 3.63) is 69.5 Å². The molecule has 1 saturated carbocycles. The fourth-order valence-corrected chi connectivity index (χ4v) is 7.88. The van der Waals surface area contributed by atoms with E-state index < -0.39 is 26.2 Å². The van der Waals surface area contributed by atoms with E-state index in [0.29, 0.717) is 30.8 Å². The zero-order chi connectivity index (χ0) is 30.7. The Kier molecular flexibility index (Phi) is 8.36. The number of ether oxygens (including phenoxy) is 1. The molecule has 0 radical (unpaired) electrons. The lowest BCUT2D eigenvalue weighted by molar-refractivity contribution is -0.137. The summed E-state index contributed by atoms with van der Waals surface area (Å²) in [7, 11) is -2.19. The SMILES string of the molecule is CC(C)c1nc2c(c(C3=CCOCC3)c1[C@H](O)c1ccc(C(F)(F)F)cc1)[C@@H](O[Si](C)(C)C(C)(C)C)CC1(CCC1)C2. The van der Waals surface area contributed by atoms with E-state index in [0.717, 1.165) is 53.1 Å². The van der Waals surface area contributed by atoms with Gasteiger partial charge in [-0.05, 0) is 90.4 Å². The van der Waals surface area contributed by atoms with Crippen molar-refractivity contribution in [3.63, 3.8) is 0 Å². The van der Waals surface area contributed by atoms with Crippen LogP contribution in [0.4, 0.5) is 13.2 Å². The van der Waals surface area contributed by atoms with Crippen LogP contribution in [0.15, 0.2) is 30.3 Å². The molecular formula is C34H46F3NO3Si. The molecule has 2 aromatic rings. The largest absolute Gasteiger partial charge is 0.416 e. The molecule has 1 N–H and O–H groups in total. The molecule has 42 heavy (non-hydrogen) atoms. The highest BCUT2D eigenvalue weighted by atomic mass is 28.4. The predicted octanol–water partition coefficient (Wildman–Crippen LogP) is 9.29. The Labute approximate surface area is 249 Å². The number of fused-ring (bicyclic) bond motifs is 1. The van der Waals surface area contributed by atoms with Crippen LogP contribution >= 0.6 is 0 Å². The fraction of sp³-hybridized carbons (Fsp3) is 0.618. The third-order valence-electron chi connectivity index (χ3n) is 10.2. The molecule has 0 unspecified atom stereocenters. The van der Waals surface area contributed by atoms with Gasteiger partial charge >= 0.3 is 6.18 Å². The van der Waals surface area contributed by atoms with Gasteiger partial charge in [-0.1, -0.05) is 59.2 Å². The van der Waals surface area contributed by atoms with Crippen molar-refractivity contribution in [1.82, 2.24) is 4.98 Å². The van der Waals surface area contributed by atoms with E-state index in [2.05, 4.69) is 53.8 Å². The van der Waals surface area contributed by atoms with Crippen molar-refractivity contribution < 1.29 is 27.4 Å². The Morgan fingerprint density at radius 3 is 2.26 bits per heavy atom. The van der Waals surface area contributed by atoms with Gasteiger partial charge in [-0.3, -0.25) is 4.98 Å². The molecule has 2 atom stereocenters. The monoisotopic (exact) mass is 601 g/mol. The second-order valence-corrected chi connectivity index (χ2v) is 19.2. The maximum Gasteiger partial charge on any atom is 0.416 e. The van der Waals surface area contributed by atoms with E-state index in [-0.39, 0.29) is 22.5 Å². The van der Waals surface area contributed by atoms with Crippen molar-refractivity contribution in [2.24, 2.45) is 5.41 Å². The quantitative estimate of drug-likeness (QED) is 0.335. The Morgan fingerprint density at radius 2 is 1.76 bits per heavy atom. The highest BCUT2D eigenvalue weighted by molar-refractivity contribution is 6.74. The average molecular weight is 602 g/mol. The van der Waals surface area contributed by atoms with Crippen LogP contribution in [-0.2, 0) is 21.8 Å². The maximum atomic E-state index is 13.4. The summed E-state index contributed by atoms with van der Waals surface area (Å²) >= 11 is 0. The molecule has 1 aliphatic heterocycles. The number of hydrogen-bond donors (Lipinski definition) is 1. The first-order valence-corrected chi connectivity index (χ1v) is 18.3. The number of alkyl halides is 3. The number of rotatable bonds is 6. The highest BCUT2D eigenvalue weighted by Crippen LogP contribution is 2.57. The van der Waals surface area contributed by atoms with Crippen LogP contribution in [-0.4, -0.2) is 31.6 Å². The molecule has 1 aromatic carbocycles. The molecule has 230 valence electrons. The van der Waals surface area contributed by atoms with Crippen LogP contribution in [0.5, 0.6) is 0 Å². The molecule has 0 bridgehead atoms. The molecule has 2 aliphatic carbocycles. The Bertz CT molecular complexity index is 1340. The predicted molar refractivity (Wildman–Crippen MR) is 163 cm³/mol. The Balaban J connectivity index is 1.75. The molecule has 5 rings (SSSR count). The van der Waals surface area contributed by atoms with Crippen molar-refractivity contribution in [2.45, 2.75) is 116 Å². The number of aromatic nitrogens is 1. The Hall–Kier alpha value is -2.00. The van der Waals surface area contributed by atoms with Gasteiger partial charge in [-0.15, -0.1) is 0 Å². The smallest absolute Gasteiger partial charge is 0.410 e. The molecule has 1 aromatic heterocycles. The summed E-state index contributed by atoms with van der Waals surface area (Å²) in [5, 5.41) is 12.0. The molecule has 1 spiro atoms. The number of hydrogen-bond acceptors (Lipinski definition) is 4. The molecule has 2 heterocycles. The normalized spacial score (nSPS) is 21.6. The third-order valence-corrected chi connectivity index (χ3v) is 14.7. The molecule has 8 heteroatoms. The fourth-order valence-electron chi connectivity index (χ4n) is 6.62. The van der Waals surface area contributed by atoms with E-state index in [1.54, 1.807) is 0 Å². The van der Waals surface area contributed by atoms with Gasteiger partial charge in [0.05, 0.1) is 24.9 Å². The minimum absolute atomic E-state index is 0.00705. The first-order valence-electron chi connectivity index (χ1n) is 15.4. The molecule has 1 fully saturated rings. The van der Waals surface area contributed by atoms with Gasteiger partial charge in [0.25, 0.3) is 0 Å². The number of aliphatic hydroxyl groups is 1. The summed E-state index contributed by atoms with van der Waals surface area (Å²) in [5.41, 5.74) is 5.64. The third kappa shape index (κ3) is 5.89. The minimum Gasteiger partial charge on any atom is -0.410 e. The second-order valence-electron chi connectivity index (χ2n) is 14.5. The zero-order valence-corrected chi connectivity index (χ0v) is 27.1. The van der Waals surface area contributed by atoms with Crippen molar-refractivity contribution in [2.75, 3.05) is 13.2 Å². The van der Waals surface area contributed by atoms with Crippen LogP contribution in [0.3, 0.4) is 0 Å². The van der Waals surface area contributed by atoms with Gasteiger partial charge in [0, 0.05) is 22.5 Å². The number of pyridine rings is 1. The molecule has 0 amide bonds. The number of nitrogens with zero attached hydrogens (tertiary/aromatic N) is 1. The van der Waals surface area contributed by atoms with Gasteiger partial charge in [0.2, 0.25) is 0 Å². The minimum atomic E-state index is -4.44. The Morgan fingerprint density at radius 1 is 1.10 bits per heavy atom. The van der Waals surface area contributed by atoms with Crippen LogP contribution in [0.2, 0.25) is 18.1 Å². The first-order chi connectivity index (χ1) is 19.5. The summed E-state index contributed by atoms with van der Waals surface area (Å²) < 4.78 is 53.1. The van der Waals surface area contributed by atoms with Gasteiger partial charge in [-0.25, -0.2) is 0 Å². The van der Waals surface area contributed by atoms with E-state index >= 15 is 0 Å². The summed E-state index contributed by atoms with van der Waals surface area (Å²) in [6.07, 6.45) is 2.46. The second kappa shape index (κ2) is 11.2. The highest BCUT2D eigenvalue weighted by Gasteiger charge is 2.49. The van der Waals surface area contributed by atoms with Gasteiger partial charge in [0.15, 0.2) is 8.32 Å². The number of aliphatic hydroxyl groups excluding tert-OH is 1. The van der Waals surface area contributed by atoms with E-state index in [9.17, 15) is 18.3 Å². The lowest BCUT2D eigenvalue weighted by Gasteiger charge is -2.51. The summed E-state index contributed by atoms with van der Waals surface area (Å²) in [6, 6.07) is 4.89. The number of benzene rings is 1. The summed E-state index contributed by atoms with van der Waals surface area (Å²) in [6.45, 7) is 16.5. The lowest BCUT2D eigenvalue weighted by atomic mass is 9.59. The summed E-state index contributed by atoms with van der Waals surface area (Å²) in [4.78, 5) is 5.33. The maximum absolute atomic E-state index is 13.4. The standard InChI is InChI=1S/C34H46F3NO3Si/c1-21(2)30-29(31(39)23-9-11-24(12-10-23)34(35,36)37)27(22-13-17-40-18-14-22)28-25(38-30)19-33(15-8-16-33)20-26(28)41-42(6,7)32(3,4)5/h9-13,21,26,31,39H,8,14-20H2,1-7H3/t26-,31+/m0/s1. The van der Waals surface area contributed by atoms with Gasteiger partial charge in [-0.2, -0.15) is 13.2 Å². The van der Waals surface area contributed by atoms with E-state index in [1.165, 1.54) is 31.4 Å².